The average molecular weight is 297 g/mol. The van der Waals surface area contributed by atoms with Gasteiger partial charge in [-0.2, -0.15) is 0 Å². The van der Waals surface area contributed by atoms with Gasteiger partial charge in [0.25, 0.3) is 0 Å². The van der Waals surface area contributed by atoms with Crippen LogP contribution in [0.5, 0.6) is 0 Å². The van der Waals surface area contributed by atoms with Gasteiger partial charge in [0.1, 0.15) is 5.82 Å². The van der Waals surface area contributed by atoms with Gasteiger partial charge in [0.05, 0.1) is 0 Å². The predicted molar refractivity (Wildman–Crippen MR) is 80.5 cm³/mol. The SMILES string of the molecule is Fc1cc(Cl)ccc1CN1CCNCC12CCCCC2. The van der Waals surface area contributed by atoms with Crippen molar-refractivity contribution in [1.82, 2.24) is 10.2 Å². The van der Waals surface area contributed by atoms with Crippen LogP contribution in [0, 0.1) is 5.82 Å². The zero-order valence-corrected chi connectivity index (χ0v) is 12.6. The molecule has 3 rings (SSSR count). The lowest BCUT2D eigenvalue weighted by Crippen LogP contribution is -2.61. The Morgan fingerprint density at radius 2 is 2.05 bits per heavy atom. The highest BCUT2D eigenvalue weighted by Crippen LogP contribution is 2.35. The molecule has 1 aliphatic carbocycles. The molecule has 4 heteroatoms. The van der Waals surface area contributed by atoms with E-state index in [9.17, 15) is 4.39 Å². The van der Waals surface area contributed by atoms with Crippen molar-refractivity contribution in [3.63, 3.8) is 0 Å². The molecular weight excluding hydrogens is 275 g/mol. The summed E-state index contributed by atoms with van der Waals surface area (Å²) in [5.74, 6) is -0.179. The average Bonchev–Trinajstić information content (AvgIpc) is 2.45. The molecule has 1 heterocycles. The van der Waals surface area contributed by atoms with Crippen LogP contribution < -0.4 is 5.32 Å². The van der Waals surface area contributed by atoms with Crippen molar-refractivity contribution < 1.29 is 4.39 Å². The number of nitrogens with zero attached hydrogens (tertiary/aromatic N) is 1. The lowest BCUT2D eigenvalue weighted by Gasteiger charge is -2.50. The fraction of sp³-hybridized carbons (Fsp3) is 0.625. The van der Waals surface area contributed by atoms with Gasteiger partial charge in [0, 0.05) is 42.3 Å². The van der Waals surface area contributed by atoms with Crippen molar-refractivity contribution in [1.29, 1.82) is 0 Å². The van der Waals surface area contributed by atoms with E-state index in [0.29, 0.717) is 11.6 Å². The number of hydrogen-bond donors (Lipinski definition) is 1. The summed E-state index contributed by atoms with van der Waals surface area (Å²) in [5.41, 5.74) is 1.00. The van der Waals surface area contributed by atoms with Crippen molar-refractivity contribution in [2.24, 2.45) is 0 Å². The monoisotopic (exact) mass is 296 g/mol. The second-order valence-electron chi connectivity index (χ2n) is 6.12. The molecule has 2 aliphatic rings. The molecule has 2 fully saturated rings. The predicted octanol–water partition coefficient (Wildman–Crippen LogP) is 3.59. The summed E-state index contributed by atoms with van der Waals surface area (Å²) in [6.07, 6.45) is 6.39. The third-order valence-corrected chi connectivity index (χ3v) is 5.08. The third-order valence-electron chi connectivity index (χ3n) is 4.84. The first-order valence-electron chi connectivity index (χ1n) is 7.59. The fourth-order valence-corrected chi connectivity index (χ4v) is 3.85. The van der Waals surface area contributed by atoms with E-state index < -0.39 is 0 Å². The molecule has 110 valence electrons. The first-order valence-corrected chi connectivity index (χ1v) is 7.97. The molecule has 1 spiro atoms. The van der Waals surface area contributed by atoms with Crippen molar-refractivity contribution in [2.45, 2.75) is 44.2 Å². The molecule has 1 aliphatic heterocycles. The summed E-state index contributed by atoms with van der Waals surface area (Å²) in [6.45, 7) is 3.74. The van der Waals surface area contributed by atoms with E-state index in [4.69, 9.17) is 11.6 Å². The van der Waals surface area contributed by atoms with Crippen LogP contribution >= 0.6 is 11.6 Å². The fourth-order valence-electron chi connectivity index (χ4n) is 3.69. The van der Waals surface area contributed by atoms with E-state index in [1.807, 2.05) is 6.07 Å². The van der Waals surface area contributed by atoms with Crippen LogP contribution in [-0.2, 0) is 6.54 Å². The topological polar surface area (TPSA) is 15.3 Å². The van der Waals surface area contributed by atoms with E-state index in [0.717, 1.165) is 25.2 Å². The maximum Gasteiger partial charge on any atom is 0.129 e. The van der Waals surface area contributed by atoms with Crippen molar-refractivity contribution in [3.05, 3.63) is 34.6 Å². The second-order valence-corrected chi connectivity index (χ2v) is 6.56. The van der Waals surface area contributed by atoms with Crippen molar-refractivity contribution in [3.8, 4) is 0 Å². The first-order chi connectivity index (χ1) is 9.70. The molecule has 1 aromatic rings. The van der Waals surface area contributed by atoms with Gasteiger partial charge in [0.2, 0.25) is 0 Å². The second kappa shape index (κ2) is 6.00. The third kappa shape index (κ3) is 2.85. The smallest absolute Gasteiger partial charge is 0.129 e. The number of halogens is 2. The van der Waals surface area contributed by atoms with Gasteiger partial charge >= 0.3 is 0 Å². The van der Waals surface area contributed by atoms with Crippen LogP contribution in [0.1, 0.15) is 37.7 Å². The summed E-state index contributed by atoms with van der Waals surface area (Å²) in [6, 6.07) is 5.04. The molecular formula is C16H22ClFN2. The minimum atomic E-state index is -0.179. The standard InChI is InChI=1S/C16H22ClFN2/c17-14-5-4-13(15(18)10-14)11-20-9-8-19-12-16(20)6-2-1-3-7-16/h4-5,10,19H,1-3,6-9,11-12H2. The van der Waals surface area contributed by atoms with Crippen LogP contribution in [0.4, 0.5) is 4.39 Å². The summed E-state index contributed by atoms with van der Waals surface area (Å²) in [5, 5.41) is 4.00. The summed E-state index contributed by atoms with van der Waals surface area (Å²) in [4.78, 5) is 2.50. The Hall–Kier alpha value is -0.640. The number of hydrogen-bond acceptors (Lipinski definition) is 2. The van der Waals surface area contributed by atoms with Gasteiger partial charge in [-0.3, -0.25) is 4.90 Å². The van der Waals surface area contributed by atoms with Gasteiger partial charge < -0.3 is 5.32 Å². The van der Waals surface area contributed by atoms with E-state index in [2.05, 4.69) is 10.2 Å². The molecule has 0 aromatic heterocycles. The quantitative estimate of drug-likeness (QED) is 0.897. The molecule has 0 radical (unpaired) electrons. The largest absolute Gasteiger partial charge is 0.314 e. The Balaban J connectivity index is 1.79. The zero-order valence-electron chi connectivity index (χ0n) is 11.8. The Bertz CT molecular complexity index is 463. The number of piperazine rings is 1. The minimum absolute atomic E-state index is 0.179. The number of nitrogens with one attached hydrogen (secondary N) is 1. The molecule has 2 nitrogen and oxygen atoms in total. The number of rotatable bonds is 2. The molecule has 0 bridgehead atoms. The summed E-state index contributed by atoms with van der Waals surface area (Å²) in [7, 11) is 0. The minimum Gasteiger partial charge on any atom is -0.314 e. The van der Waals surface area contributed by atoms with Gasteiger partial charge in [-0.05, 0) is 25.0 Å². The van der Waals surface area contributed by atoms with E-state index in [1.165, 1.54) is 38.2 Å². The Labute approximate surface area is 125 Å². The zero-order chi connectivity index (χ0) is 14.0. The van der Waals surface area contributed by atoms with E-state index in [-0.39, 0.29) is 11.4 Å². The lowest BCUT2D eigenvalue weighted by molar-refractivity contribution is 0.0201. The molecule has 0 atom stereocenters. The van der Waals surface area contributed by atoms with Gasteiger partial charge in [-0.15, -0.1) is 0 Å². The molecule has 1 saturated heterocycles. The van der Waals surface area contributed by atoms with E-state index in [1.54, 1.807) is 6.07 Å². The van der Waals surface area contributed by atoms with Crippen molar-refractivity contribution in [2.75, 3.05) is 19.6 Å². The summed E-state index contributed by atoms with van der Waals surface area (Å²) >= 11 is 5.84. The molecule has 1 N–H and O–H groups in total. The van der Waals surface area contributed by atoms with Crippen LogP contribution in [0.25, 0.3) is 0 Å². The highest BCUT2D eigenvalue weighted by atomic mass is 35.5. The lowest BCUT2D eigenvalue weighted by atomic mass is 9.79. The highest BCUT2D eigenvalue weighted by molar-refractivity contribution is 6.30. The van der Waals surface area contributed by atoms with Crippen LogP contribution in [-0.4, -0.2) is 30.1 Å². The molecule has 1 saturated carbocycles. The Morgan fingerprint density at radius 3 is 2.80 bits per heavy atom. The number of benzene rings is 1. The van der Waals surface area contributed by atoms with E-state index >= 15 is 0 Å². The van der Waals surface area contributed by atoms with Crippen LogP contribution in [0.2, 0.25) is 5.02 Å². The molecule has 0 amide bonds. The van der Waals surface area contributed by atoms with Gasteiger partial charge in [0.15, 0.2) is 0 Å². The molecule has 1 aromatic carbocycles. The van der Waals surface area contributed by atoms with Gasteiger partial charge in [-0.25, -0.2) is 4.39 Å². The van der Waals surface area contributed by atoms with Crippen LogP contribution in [0.15, 0.2) is 18.2 Å². The molecule has 0 unspecified atom stereocenters. The van der Waals surface area contributed by atoms with Gasteiger partial charge in [-0.1, -0.05) is 36.9 Å². The maximum atomic E-state index is 14.0. The molecule has 20 heavy (non-hydrogen) atoms. The first kappa shape index (κ1) is 14.3. The van der Waals surface area contributed by atoms with Crippen molar-refractivity contribution >= 4 is 11.6 Å². The van der Waals surface area contributed by atoms with Crippen LogP contribution in [0.3, 0.4) is 0 Å². The highest BCUT2D eigenvalue weighted by Gasteiger charge is 2.39. The Morgan fingerprint density at radius 1 is 1.25 bits per heavy atom. The Kier molecular flexibility index (Phi) is 4.29. The summed E-state index contributed by atoms with van der Waals surface area (Å²) < 4.78 is 14.0. The normalized spacial score (nSPS) is 23.1. The maximum absolute atomic E-state index is 14.0.